The average molecular weight is 370 g/mol. The van der Waals surface area contributed by atoms with Crippen LogP contribution in [0.25, 0.3) is 22.3 Å². The van der Waals surface area contributed by atoms with Crippen molar-refractivity contribution in [3.05, 3.63) is 46.5 Å². The van der Waals surface area contributed by atoms with Crippen LogP contribution in [0.4, 0.5) is 4.39 Å². The van der Waals surface area contributed by atoms with Gasteiger partial charge in [0.1, 0.15) is 18.4 Å². The fraction of sp³-hybridized carbons (Fsp3) is 0.133. The van der Waals surface area contributed by atoms with Gasteiger partial charge in [0, 0.05) is 24.0 Å². The molecular formula is C15H11Cl2FN3OP. The molecule has 3 rings (SSSR count). The van der Waals surface area contributed by atoms with Crippen LogP contribution in [0.3, 0.4) is 0 Å². The number of halogens is 3. The summed E-state index contributed by atoms with van der Waals surface area (Å²) in [6, 6.07) is 4.49. The maximum atomic E-state index is 14.3. The number of fused-ring (bicyclic) bond motifs is 1. The summed E-state index contributed by atoms with van der Waals surface area (Å²) in [5, 5.41) is 0.463. The molecule has 0 bridgehead atoms. The summed E-state index contributed by atoms with van der Waals surface area (Å²) >= 11 is 12.0. The third-order valence-corrected chi connectivity index (χ3v) is 5.40. The fourth-order valence-corrected chi connectivity index (χ4v) is 3.18. The first-order valence-electron chi connectivity index (χ1n) is 6.59. The molecule has 0 saturated heterocycles. The highest BCUT2D eigenvalue weighted by molar-refractivity contribution is 7.69. The Balaban J connectivity index is 2.18. The number of nitrogens with zero attached hydrogens (tertiary/aromatic N) is 3. The second kappa shape index (κ2) is 5.82. The van der Waals surface area contributed by atoms with Gasteiger partial charge in [-0.2, -0.15) is 0 Å². The highest BCUT2D eigenvalue weighted by Gasteiger charge is 2.16. The molecule has 0 saturated carbocycles. The van der Waals surface area contributed by atoms with Crippen molar-refractivity contribution in [3.8, 4) is 11.3 Å². The lowest BCUT2D eigenvalue weighted by atomic mass is 10.1. The lowest BCUT2D eigenvalue weighted by Crippen LogP contribution is -2.07. The van der Waals surface area contributed by atoms with E-state index in [9.17, 15) is 8.96 Å². The number of rotatable bonds is 2. The van der Waals surface area contributed by atoms with Crippen LogP contribution >= 0.6 is 30.3 Å². The molecule has 0 aliphatic rings. The number of hydrogen-bond acceptors (Lipinski definition) is 4. The zero-order valence-corrected chi connectivity index (χ0v) is 14.6. The predicted molar refractivity (Wildman–Crippen MR) is 91.8 cm³/mol. The molecule has 0 spiro atoms. The van der Waals surface area contributed by atoms with Gasteiger partial charge in [0.2, 0.25) is 0 Å². The molecule has 0 N–H and O–H groups in total. The minimum Gasteiger partial charge on any atom is -0.318 e. The van der Waals surface area contributed by atoms with E-state index in [4.69, 9.17) is 23.2 Å². The van der Waals surface area contributed by atoms with Crippen molar-refractivity contribution in [2.24, 2.45) is 0 Å². The highest BCUT2D eigenvalue weighted by atomic mass is 35.5. The van der Waals surface area contributed by atoms with Gasteiger partial charge >= 0.3 is 0 Å². The van der Waals surface area contributed by atoms with Gasteiger partial charge in [-0.15, -0.1) is 0 Å². The normalized spacial score (nSPS) is 11.9. The molecule has 3 aromatic heterocycles. The first kappa shape index (κ1) is 16.3. The fourth-order valence-electron chi connectivity index (χ4n) is 2.08. The van der Waals surface area contributed by atoms with Crippen LogP contribution in [0.2, 0.25) is 10.0 Å². The smallest absolute Gasteiger partial charge is 0.151 e. The molecule has 8 heteroatoms. The van der Waals surface area contributed by atoms with E-state index in [0.717, 1.165) is 0 Å². The molecule has 0 aliphatic heterocycles. The zero-order chi connectivity index (χ0) is 16.8. The van der Waals surface area contributed by atoms with Crippen molar-refractivity contribution in [2.75, 3.05) is 13.3 Å². The molecule has 0 atom stereocenters. The van der Waals surface area contributed by atoms with E-state index in [-0.39, 0.29) is 15.7 Å². The quantitative estimate of drug-likeness (QED) is 0.628. The topological polar surface area (TPSA) is 55.7 Å². The highest BCUT2D eigenvalue weighted by Crippen LogP contribution is 2.34. The van der Waals surface area contributed by atoms with Gasteiger partial charge in [0.15, 0.2) is 5.82 Å². The minimum absolute atomic E-state index is 0.0876. The van der Waals surface area contributed by atoms with E-state index in [1.54, 1.807) is 25.5 Å². The van der Waals surface area contributed by atoms with Crippen LogP contribution in [0.1, 0.15) is 0 Å². The number of pyridine rings is 3. The van der Waals surface area contributed by atoms with Gasteiger partial charge in [-0.25, -0.2) is 9.37 Å². The second-order valence-corrected chi connectivity index (χ2v) is 9.31. The summed E-state index contributed by atoms with van der Waals surface area (Å²) in [6.45, 7) is 3.24. The SMILES string of the molecule is CP(C)(=O)c1ccc(-c2nc3c(Cl)c(Cl)cnc3cc2F)cn1. The lowest BCUT2D eigenvalue weighted by Gasteiger charge is -2.09. The van der Waals surface area contributed by atoms with Crippen molar-refractivity contribution in [1.29, 1.82) is 0 Å². The van der Waals surface area contributed by atoms with Gasteiger partial charge in [-0.1, -0.05) is 23.2 Å². The molecule has 118 valence electrons. The van der Waals surface area contributed by atoms with Crippen LogP contribution in [0, 0.1) is 5.82 Å². The number of aromatic nitrogens is 3. The third-order valence-electron chi connectivity index (χ3n) is 3.26. The largest absolute Gasteiger partial charge is 0.318 e. The molecule has 4 nitrogen and oxygen atoms in total. The van der Waals surface area contributed by atoms with Crippen molar-refractivity contribution >= 4 is 46.8 Å². The van der Waals surface area contributed by atoms with Gasteiger partial charge in [-0.3, -0.25) is 9.97 Å². The molecule has 0 radical (unpaired) electrons. The Morgan fingerprint density at radius 2 is 1.87 bits per heavy atom. The molecular weight excluding hydrogens is 359 g/mol. The van der Waals surface area contributed by atoms with E-state index in [0.29, 0.717) is 22.0 Å². The van der Waals surface area contributed by atoms with Crippen LogP contribution in [0.15, 0.2) is 30.6 Å². The molecule has 0 aromatic carbocycles. The Bertz CT molecular complexity index is 957. The Labute approximate surface area is 142 Å². The predicted octanol–water partition coefficient (Wildman–Crippen LogP) is 4.39. The van der Waals surface area contributed by atoms with Gasteiger partial charge in [0.05, 0.1) is 21.0 Å². The van der Waals surface area contributed by atoms with Gasteiger partial charge in [0.25, 0.3) is 0 Å². The molecule has 23 heavy (non-hydrogen) atoms. The standard InChI is InChI=1S/C15H11Cl2FN3OP/c1-23(2,22)12-4-3-8(6-20-12)14-10(18)5-11-15(21-14)13(17)9(16)7-19-11/h3-7H,1-2H3. The van der Waals surface area contributed by atoms with E-state index < -0.39 is 13.0 Å². The molecule has 0 unspecified atom stereocenters. The molecule has 0 amide bonds. The van der Waals surface area contributed by atoms with Crippen LogP contribution in [-0.2, 0) is 4.57 Å². The van der Waals surface area contributed by atoms with E-state index >= 15 is 0 Å². The first-order valence-corrected chi connectivity index (χ1v) is 9.95. The van der Waals surface area contributed by atoms with E-state index in [1.807, 2.05) is 0 Å². The van der Waals surface area contributed by atoms with Crippen molar-refractivity contribution < 1.29 is 8.96 Å². The Kier molecular flexibility index (Phi) is 4.13. The number of hydrogen-bond donors (Lipinski definition) is 0. The minimum atomic E-state index is -2.47. The monoisotopic (exact) mass is 369 g/mol. The average Bonchev–Trinajstić information content (AvgIpc) is 2.50. The van der Waals surface area contributed by atoms with Gasteiger partial charge < -0.3 is 4.57 Å². The summed E-state index contributed by atoms with van der Waals surface area (Å²) < 4.78 is 26.3. The first-order chi connectivity index (χ1) is 10.8. The maximum absolute atomic E-state index is 14.3. The van der Waals surface area contributed by atoms with E-state index in [2.05, 4.69) is 15.0 Å². The Morgan fingerprint density at radius 3 is 2.48 bits per heavy atom. The van der Waals surface area contributed by atoms with Crippen LogP contribution < -0.4 is 5.44 Å². The lowest BCUT2D eigenvalue weighted by molar-refractivity contribution is 0.588. The van der Waals surface area contributed by atoms with Crippen LogP contribution in [0.5, 0.6) is 0 Å². The Hall–Kier alpha value is -1.55. The van der Waals surface area contributed by atoms with Crippen molar-refractivity contribution in [2.45, 2.75) is 0 Å². The van der Waals surface area contributed by atoms with Crippen LogP contribution in [-0.4, -0.2) is 28.3 Å². The zero-order valence-electron chi connectivity index (χ0n) is 12.2. The summed E-state index contributed by atoms with van der Waals surface area (Å²) in [5.41, 5.74) is 1.65. The summed E-state index contributed by atoms with van der Waals surface area (Å²) in [7, 11) is -2.47. The molecule has 3 heterocycles. The van der Waals surface area contributed by atoms with E-state index in [1.165, 1.54) is 18.5 Å². The molecule has 0 aliphatic carbocycles. The summed E-state index contributed by atoms with van der Waals surface area (Å²) in [6.07, 6.45) is 2.79. The molecule has 0 fully saturated rings. The molecule has 3 aromatic rings. The van der Waals surface area contributed by atoms with Crippen molar-refractivity contribution in [1.82, 2.24) is 15.0 Å². The van der Waals surface area contributed by atoms with Gasteiger partial charge in [-0.05, 0) is 25.5 Å². The van der Waals surface area contributed by atoms with Crippen molar-refractivity contribution in [3.63, 3.8) is 0 Å². The summed E-state index contributed by atoms with van der Waals surface area (Å²) in [5.74, 6) is -0.547. The summed E-state index contributed by atoms with van der Waals surface area (Å²) in [4.78, 5) is 12.4. The second-order valence-electron chi connectivity index (χ2n) is 5.36. The third kappa shape index (κ3) is 3.09. The Morgan fingerprint density at radius 1 is 1.13 bits per heavy atom. The maximum Gasteiger partial charge on any atom is 0.151 e.